The summed E-state index contributed by atoms with van der Waals surface area (Å²) in [6, 6.07) is 12.3. The van der Waals surface area contributed by atoms with Crippen molar-refractivity contribution in [3.8, 4) is 5.75 Å². The van der Waals surface area contributed by atoms with Crippen molar-refractivity contribution in [1.29, 1.82) is 0 Å². The lowest BCUT2D eigenvalue weighted by atomic mass is 10.1. The van der Waals surface area contributed by atoms with Gasteiger partial charge >= 0.3 is 5.97 Å². The lowest BCUT2D eigenvalue weighted by molar-refractivity contribution is 0.0692. The summed E-state index contributed by atoms with van der Waals surface area (Å²) in [5.41, 5.74) is 7.95. The molecule has 5 N–H and O–H groups in total. The molecule has 1 aromatic heterocycles. The monoisotopic (exact) mass is 415 g/mol. The molecular formula is C21H25N3O4S. The van der Waals surface area contributed by atoms with Crippen LogP contribution in [0.5, 0.6) is 5.75 Å². The second kappa shape index (κ2) is 10.3. The molecule has 3 aromatic rings. The number of ether oxygens (including phenoxy) is 1. The Kier molecular flexibility index (Phi) is 7.54. The van der Waals surface area contributed by atoms with Crippen LogP contribution in [0.3, 0.4) is 0 Å². The number of fused-ring (bicyclic) bond motifs is 1. The minimum Gasteiger partial charge on any atom is -0.593 e. The van der Waals surface area contributed by atoms with Crippen LogP contribution in [0.1, 0.15) is 28.8 Å². The Morgan fingerprint density at radius 2 is 2.07 bits per heavy atom. The quantitative estimate of drug-likeness (QED) is 0.282. The zero-order valence-electron chi connectivity index (χ0n) is 16.0. The topological polar surface area (TPSA) is 123 Å². The molecule has 0 fully saturated rings. The van der Waals surface area contributed by atoms with Crippen molar-refractivity contribution in [2.24, 2.45) is 5.73 Å². The third-order valence-electron chi connectivity index (χ3n) is 4.54. The number of aromatic nitrogens is 1. The highest BCUT2D eigenvalue weighted by Gasteiger charge is 2.20. The van der Waals surface area contributed by atoms with Crippen molar-refractivity contribution in [3.05, 3.63) is 59.8 Å². The van der Waals surface area contributed by atoms with Gasteiger partial charge in [-0.3, -0.25) is 0 Å². The van der Waals surface area contributed by atoms with Gasteiger partial charge in [-0.2, -0.15) is 0 Å². The average Bonchev–Trinajstić information content (AvgIpc) is 3.13. The van der Waals surface area contributed by atoms with Crippen molar-refractivity contribution < 1.29 is 19.2 Å². The summed E-state index contributed by atoms with van der Waals surface area (Å²) in [5.74, 6) is -0.277. The van der Waals surface area contributed by atoms with E-state index in [4.69, 9.17) is 10.5 Å². The fourth-order valence-electron chi connectivity index (χ4n) is 3.07. The molecule has 0 spiro atoms. The van der Waals surface area contributed by atoms with E-state index in [1.54, 1.807) is 18.2 Å². The number of carboxylic acids is 1. The number of nitrogens with one attached hydrogen (secondary N) is 2. The summed E-state index contributed by atoms with van der Waals surface area (Å²) >= 11 is -1.56. The number of H-pyrrole nitrogens is 1. The van der Waals surface area contributed by atoms with Gasteiger partial charge in [0.15, 0.2) is 4.90 Å². The smallest absolute Gasteiger partial charge is 0.340 e. The Labute approximate surface area is 172 Å². The number of carbonyl (C=O) groups is 1. The molecule has 0 radical (unpaired) electrons. The lowest BCUT2D eigenvalue weighted by Gasteiger charge is -2.12. The standard InChI is InChI=1S/C21H25N3O4S/c22-10-9-15-14-23-19-8-7-16(13-18(15)19)28-12-4-3-11-24-29(27)20-6-2-1-5-17(20)21(25)26/h1-2,5-8,13-14,23-24H,3-4,9-12,22H2,(H,25,26). The van der Waals surface area contributed by atoms with Crippen LogP contribution in [-0.4, -0.2) is 40.3 Å². The van der Waals surface area contributed by atoms with Gasteiger partial charge in [0.05, 0.1) is 18.0 Å². The molecule has 0 aliphatic rings. The van der Waals surface area contributed by atoms with Crippen molar-refractivity contribution in [2.45, 2.75) is 24.2 Å². The van der Waals surface area contributed by atoms with E-state index in [1.807, 2.05) is 24.4 Å². The molecule has 0 saturated carbocycles. The summed E-state index contributed by atoms with van der Waals surface area (Å²) < 4.78 is 21.0. The van der Waals surface area contributed by atoms with Crippen LogP contribution in [0, 0.1) is 0 Å². The van der Waals surface area contributed by atoms with Crippen LogP contribution in [-0.2, 0) is 17.8 Å². The van der Waals surface area contributed by atoms with Gasteiger partial charge in [-0.25, -0.2) is 4.79 Å². The maximum Gasteiger partial charge on any atom is 0.340 e. The summed E-state index contributed by atoms with van der Waals surface area (Å²) in [6.07, 6.45) is 4.34. The van der Waals surface area contributed by atoms with E-state index in [0.29, 0.717) is 19.7 Å². The average molecular weight is 416 g/mol. The van der Waals surface area contributed by atoms with Gasteiger partial charge in [-0.1, -0.05) is 12.1 Å². The number of unbranched alkanes of at least 4 members (excludes halogenated alkanes) is 1. The summed E-state index contributed by atoms with van der Waals surface area (Å²) in [5, 5.41) is 10.3. The molecule has 8 heteroatoms. The van der Waals surface area contributed by atoms with Gasteiger partial charge in [-0.15, -0.1) is 4.72 Å². The van der Waals surface area contributed by atoms with E-state index in [-0.39, 0.29) is 10.5 Å². The molecule has 2 aromatic carbocycles. The predicted octanol–water partition coefficient (Wildman–Crippen LogP) is 2.84. The normalized spacial score (nSPS) is 12.2. The molecule has 0 saturated heterocycles. The van der Waals surface area contributed by atoms with E-state index in [0.717, 1.165) is 35.9 Å². The minimum atomic E-state index is -1.56. The Balaban J connectivity index is 1.43. The molecule has 7 nitrogen and oxygen atoms in total. The first kappa shape index (κ1) is 21.2. The van der Waals surface area contributed by atoms with E-state index in [9.17, 15) is 14.5 Å². The number of hydrogen-bond acceptors (Lipinski definition) is 5. The fraction of sp³-hybridized carbons (Fsp3) is 0.286. The van der Waals surface area contributed by atoms with E-state index < -0.39 is 17.3 Å². The van der Waals surface area contributed by atoms with Crippen molar-refractivity contribution in [2.75, 3.05) is 19.7 Å². The number of carboxylic acid groups (broad SMARTS) is 1. The molecule has 0 aliphatic carbocycles. The first-order valence-electron chi connectivity index (χ1n) is 9.50. The van der Waals surface area contributed by atoms with Crippen LogP contribution in [0.4, 0.5) is 0 Å². The number of rotatable bonds is 11. The molecule has 3 rings (SSSR count). The molecule has 0 bridgehead atoms. The second-order valence-corrected chi connectivity index (χ2v) is 7.85. The molecule has 1 heterocycles. The van der Waals surface area contributed by atoms with Crippen LogP contribution in [0.15, 0.2) is 53.6 Å². The maximum absolute atomic E-state index is 12.3. The first-order chi connectivity index (χ1) is 14.1. The lowest BCUT2D eigenvalue weighted by Crippen LogP contribution is -2.26. The highest BCUT2D eigenvalue weighted by Crippen LogP contribution is 2.24. The number of aromatic carboxylic acids is 1. The summed E-state index contributed by atoms with van der Waals surface area (Å²) in [4.78, 5) is 14.7. The largest absolute Gasteiger partial charge is 0.593 e. The Morgan fingerprint density at radius 3 is 2.86 bits per heavy atom. The molecule has 0 amide bonds. The highest BCUT2D eigenvalue weighted by atomic mass is 32.2. The molecule has 154 valence electrons. The number of hydrogen-bond donors (Lipinski definition) is 4. The van der Waals surface area contributed by atoms with Crippen molar-refractivity contribution >= 4 is 28.2 Å². The van der Waals surface area contributed by atoms with Gasteiger partial charge < -0.3 is 25.1 Å². The third-order valence-corrected chi connectivity index (χ3v) is 5.76. The van der Waals surface area contributed by atoms with Gasteiger partial charge in [0, 0.05) is 23.6 Å². The van der Waals surface area contributed by atoms with E-state index in [1.165, 1.54) is 11.6 Å². The SMILES string of the molecule is NCCc1c[nH]c2ccc(OCCCCN[S+]([O-])c3ccccc3C(=O)O)cc12. The zero-order valence-corrected chi connectivity index (χ0v) is 16.8. The Morgan fingerprint density at radius 1 is 1.24 bits per heavy atom. The molecule has 29 heavy (non-hydrogen) atoms. The first-order valence-corrected chi connectivity index (χ1v) is 10.7. The Hall–Kier alpha value is -2.52. The second-order valence-electron chi connectivity index (χ2n) is 6.58. The zero-order chi connectivity index (χ0) is 20.6. The predicted molar refractivity (Wildman–Crippen MR) is 114 cm³/mol. The fourth-order valence-corrected chi connectivity index (χ4v) is 4.12. The number of nitrogens with two attached hydrogens (primary N) is 1. The number of aromatic amines is 1. The van der Waals surface area contributed by atoms with Crippen LogP contribution in [0.25, 0.3) is 10.9 Å². The highest BCUT2D eigenvalue weighted by molar-refractivity contribution is 7.89. The van der Waals surface area contributed by atoms with Crippen LogP contribution >= 0.6 is 0 Å². The minimum absolute atomic E-state index is 0.0517. The molecule has 0 aliphatic heterocycles. The van der Waals surface area contributed by atoms with Gasteiger partial charge in [0.25, 0.3) is 0 Å². The van der Waals surface area contributed by atoms with Crippen LogP contribution in [0.2, 0.25) is 0 Å². The molecular weight excluding hydrogens is 390 g/mol. The summed E-state index contributed by atoms with van der Waals surface area (Å²) in [7, 11) is 0. The van der Waals surface area contributed by atoms with Gasteiger partial charge in [0.1, 0.15) is 11.3 Å². The van der Waals surface area contributed by atoms with Gasteiger partial charge in [0.2, 0.25) is 0 Å². The van der Waals surface area contributed by atoms with E-state index >= 15 is 0 Å². The maximum atomic E-state index is 12.3. The molecule has 1 atom stereocenters. The van der Waals surface area contributed by atoms with Crippen molar-refractivity contribution in [3.63, 3.8) is 0 Å². The summed E-state index contributed by atoms with van der Waals surface area (Å²) in [6.45, 7) is 1.65. The molecule has 1 unspecified atom stereocenters. The van der Waals surface area contributed by atoms with Crippen molar-refractivity contribution in [1.82, 2.24) is 9.71 Å². The van der Waals surface area contributed by atoms with Crippen LogP contribution < -0.4 is 15.2 Å². The van der Waals surface area contributed by atoms with E-state index in [2.05, 4.69) is 9.71 Å². The van der Waals surface area contributed by atoms with Gasteiger partial charge in [-0.05, 0) is 61.7 Å². The third kappa shape index (κ3) is 5.51. The number of benzene rings is 2. The Bertz CT molecular complexity index is 960.